The molecule has 1 rings (SSSR count). The molecule has 0 fully saturated rings. The van der Waals surface area contributed by atoms with Gasteiger partial charge in [-0.1, -0.05) is 12.1 Å². The van der Waals surface area contributed by atoms with Gasteiger partial charge in [0.2, 0.25) is 0 Å². The van der Waals surface area contributed by atoms with Gasteiger partial charge in [0.1, 0.15) is 6.07 Å². The minimum Gasteiger partial charge on any atom is -0.256 e. The van der Waals surface area contributed by atoms with Crippen molar-refractivity contribution in [2.24, 2.45) is 0 Å². The number of hydrogen-bond donors (Lipinski definition) is 0. The monoisotopic (exact) mass is 144 g/mol. The predicted octanol–water partition coefficient (Wildman–Crippen LogP) is 2.01. The van der Waals surface area contributed by atoms with E-state index >= 15 is 0 Å². The van der Waals surface area contributed by atoms with Crippen molar-refractivity contribution < 1.29 is 0 Å². The van der Waals surface area contributed by atoms with Crippen molar-refractivity contribution in [3.63, 3.8) is 0 Å². The van der Waals surface area contributed by atoms with E-state index in [0.29, 0.717) is 5.57 Å². The predicted molar refractivity (Wildman–Crippen MR) is 43.5 cm³/mol. The van der Waals surface area contributed by atoms with Crippen LogP contribution in [0.15, 0.2) is 30.5 Å². The van der Waals surface area contributed by atoms with E-state index < -0.39 is 0 Å². The lowest BCUT2D eigenvalue weighted by atomic mass is 10.2. The fourth-order valence-electron chi connectivity index (χ4n) is 0.792. The van der Waals surface area contributed by atoms with Gasteiger partial charge < -0.3 is 0 Å². The van der Waals surface area contributed by atoms with Crippen LogP contribution in [0.3, 0.4) is 0 Å². The maximum absolute atomic E-state index is 8.62. The molecule has 0 aliphatic carbocycles. The van der Waals surface area contributed by atoms with E-state index in [4.69, 9.17) is 5.26 Å². The molecule has 0 amide bonds. The average Bonchev–Trinajstić information content (AvgIpc) is 2.09. The molecule has 0 bridgehead atoms. The van der Waals surface area contributed by atoms with E-state index in [-0.39, 0.29) is 0 Å². The van der Waals surface area contributed by atoms with Crippen LogP contribution in [-0.4, -0.2) is 4.98 Å². The Balaban J connectivity index is 3.05. The van der Waals surface area contributed by atoms with Crippen molar-refractivity contribution in [3.8, 4) is 6.07 Å². The standard InChI is InChI=1S/C9H8N2/c1-2-8(7-10)9-5-3-4-6-11-9/h2-6H,1H3/b8-2+. The van der Waals surface area contributed by atoms with Crippen molar-refractivity contribution in [1.82, 2.24) is 4.98 Å². The van der Waals surface area contributed by atoms with Gasteiger partial charge in [-0.2, -0.15) is 5.26 Å². The Morgan fingerprint density at radius 2 is 2.45 bits per heavy atom. The summed E-state index contributed by atoms with van der Waals surface area (Å²) in [6, 6.07) is 7.58. The molecule has 0 atom stereocenters. The quantitative estimate of drug-likeness (QED) is 0.565. The zero-order valence-corrected chi connectivity index (χ0v) is 6.28. The molecule has 0 unspecified atom stereocenters. The summed E-state index contributed by atoms with van der Waals surface area (Å²) in [6.45, 7) is 1.83. The highest BCUT2D eigenvalue weighted by Crippen LogP contribution is 2.07. The lowest BCUT2D eigenvalue weighted by Crippen LogP contribution is -1.83. The van der Waals surface area contributed by atoms with E-state index in [1.54, 1.807) is 12.3 Å². The summed E-state index contributed by atoms with van der Waals surface area (Å²) in [7, 11) is 0. The Labute approximate surface area is 65.8 Å². The zero-order chi connectivity index (χ0) is 8.10. The highest BCUT2D eigenvalue weighted by atomic mass is 14.7. The van der Waals surface area contributed by atoms with Gasteiger partial charge in [0.05, 0.1) is 11.3 Å². The van der Waals surface area contributed by atoms with Crippen molar-refractivity contribution >= 4 is 5.57 Å². The Morgan fingerprint density at radius 3 is 2.91 bits per heavy atom. The maximum Gasteiger partial charge on any atom is 0.101 e. The van der Waals surface area contributed by atoms with E-state index in [9.17, 15) is 0 Å². The molecule has 2 heteroatoms. The minimum absolute atomic E-state index is 0.616. The number of aromatic nitrogens is 1. The normalized spacial score (nSPS) is 10.7. The van der Waals surface area contributed by atoms with Gasteiger partial charge in [0, 0.05) is 6.20 Å². The molecule has 0 aromatic carbocycles. The number of allylic oxidation sites excluding steroid dienone is 2. The number of rotatable bonds is 1. The first-order valence-corrected chi connectivity index (χ1v) is 3.36. The van der Waals surface area contributed by atoms with Crippen LogP contribution >= 0.6 is 0 Å². The topological polar surface area (TPSA) is 36.7 Å². The summed E-state index contributed by atoms with van der Waals surface area (Å²) in [4.78, 5) is 4.03. The van der Waals surface area contributed by atoms with Gasteiger partial charge in [0.15, 0.2) is 0 Å². The first-order chi connectivity index (χ1) is 5.38. The third-order valence-electron chi connectivity index (χ3n) is 1.35. The summed E-state index contributed by atoms with van der Waals surface area (Å²) >= 11 is 0. The molecule has 54 valence electrons. The molecule has 0 saturated carbocycles. The van der Waals surface area contributed by atoms with Gasteiger partial charge in [-0.05, 0) is 19.1 Å². The molecule has 0 N–H and O–H groups in total. The van der Waals surface area contributed by atoms with Crippen LogP contribution < -0.4 is 0 Å². The molecule has 1 aromatic rings. The second kappa shape index (κ2) is 3.52. The highest BCUT2D eigenvalue weighted by Gasteiger charge is 1.96. The summed E-state index contributed by atoms with van der Waals surface area (Å²) in [5, 5.41) is 8.62. The first-order valence-electron chi connectivity index (χ1n) is 3.36. The second-order valence-corrected chi connectivity index (χ2v) is 2.03. The molecule has 0 radical (unpaired) electrons. The van der Waals surface area contributed by atoms with Crippen molar-refractivity contribution in [3.05, 3.63) is 36.2 Å². The average molecular weight is 144 g/mol. The van der Waals surface area contributed by atoms with Crippen molar-refractivity contribution in [1.29, 1.82) is 5.26 Å². The summed E-state index contributed by atoms with van der Waals surface area (Å²) < 4.78 is 0. The van der Waals surface area contributed by atoms with Crippen LogP contribution in [0.1, 0.15) is 12.6 Å². The maximum atomic E-state index is 8.62. The van der Waals surface area contributed by atoms with E-state index in [2.05, 4.69) is 11.1 Å². The molecular weight excluding hydrogens is 136 g/mol. The van der Waals surface area contributed by atoms with Gasteiger partial charge >= 0.3 is 0 Å². The van der Waals surface area contributed by atoms with E-state index in [0.717, 1.165) is 5.69 Å². The first kappa shape index (κ1) is 7.49. The van der Waals surface area contributed by atoms with Crippen LogP contribution in [0.25, 0.3) is 5.57 Å². The summed E-state index contributed by atoms with van der Waals surface area (Å²) in [5.41, 5.74) is 1.35. The molecule has 11 heavy (non-hydrogen) atoms. The Kier molecular flexibility index (Phi) is 2.40. The zero-order valence-electron chi connectivity index (χ0n) is 6.28. The number of hydrogen-bond acceptors (Lipinski definition) is 2. The van der Waals surface area contributed by atoms with Gasteiger partial charge in [-0.3, -0.25) is 4.98 Å². The molecule has 0 aliphatic heterocycles. The number of pyridine rings is 1. The smallest absolute Gasteiger partial charge is 0.101 e. The van der Waals surface area contributed by atoms with Gasteiger partial charge in [0.25, 0.3) is 0 Å². The molecule has 0 aliphatic rings. The molecular formula is C9H8N2. The van der Waals surface area contributed by atoms with Crippen LogP contribution in [-0.2, 0) is 0 Å². The molecule has 0 saturated heterocycles. The minimum atomic E-state index is 0.616. The van der Waals surface area contributed by atoms with E-state index in [1.807, 2.05) is 25.1 Å². The Hall–Kier alpha value is -1.62. The lowest BCUT2D eigenvalue weighted by Gasteiger charge is -1.93. The fraction of sp³-hybridized carbons (Fsp3) is 0.111. The molecule has 2 nitrogen and oxygen atoms in total. The van der Waals surface area contributed by atoms with Gasteiger partial charge in [-0.25, -0.2) is 0 Å². The third kappa shape index (κ3) is 1.65. The SMILES string of the molecule is C/C=C(\C#N)c1ccccn1. The summed E-state index contributed by atoms with van der Waals surface area (Å²) in [6.07, 6.45) is 3.43. The van der Waals surface area contributed by atoms with Crippen molar-refractivity contribution in [2.75, 3.05) is 0 Å². The largest absolute Gasteiger partial charge is 0.256 e. The van der Waals surface area contributed by atoms with Crippen LogP contribution in [0.4, 0.5) is 0 Å². The van der Waals surface area contributed by atoms with Gasteiger partial charge in [-0.15, -0.1) is 0 Å². The highest BCUT2D eigenvalue weighted by molar-refractivity contribution is 5.73. The fourth-order valence-corrected chi connectivity index (χ4v) is 0.792. The molecule has 1 heterocycles. The number of nitriles is 1. The molecule has 0 spiro atoms. The Bertz CT molecular complexity index is 293. The Morgan fingerprint density at radius 1 is 1.64 bits per heavy atom. The van der Waals surface area contributed by atoms with Crippen molar-refractivity contribution in [2.45, 2.75) is 6.92 Å². The lowest BCUT2D eigenvalue weighted by molar-refractivity contribution is 1.28. The third-order valence-corrected chi connectivity index (χ3v) is 1.35. The van der Waals surface area contributed by atoms with Crippen LogP contribution in [0.2, 0.25) is 0 Å². The van der Waals surface area contributed by atoms with Crippen LogP contribution in [0, 0.1) is 11.3 Å². The molecule has 1 aromatic heterocycles. The number of nitrogens with zero attached hydrogens (tertiary/aromatic N) is 2. The summed E-state index contributed by atoms with van der Waals surface area (Å²) in [5.74, 6) is 0. The van der Waals surface area contributed by atoms with E-state index in [1.165, 1.54) is 0 Å². The van der Waals surface area contributed by atoms with Crippen LogP contribution in [0.5, 0.6) is 0 Å². The second-order valence-electron chi connectivity index (χ2n) is 2.03.